The molecule has 0 spiro atoms. The molecule has 0 saturated carbocycles. The second kappa shape index (κ2) is 7.72. The Labute approximate surface area is 119 Å². The Hall–Kier alpha value is -1.79. The van der Waals surface area contributed by atoms with Crippen LogP contribution in [0.5, 0.6) is 5.75 Å². The zero-order valence-corrected chi connectivity index (χ0v) is 12.5. The molecule has 3 N–H and O–H groups in total. The van der Waals surface area contributed by atoms with Gasteiger partial charge >= 0.3 is 0 Å². The number of nitrogens with two attached hydrogens (primary N) is 1. The zero-order chi connectivity index (χ0) is 15.1. The summed E-state index contributed by atoms with van der Waals surface area (Å²) in [5, 5.41) is 11.7. The number of rotatable bonds is 7. The van der Waals surface area contributed by atoms with Crippen LogP contribution >= 0.6 is 0 Å². The maximum absolute atomic E-state index is 8.74. The number of hydrogen-bond donors (Lipinski definition) is 2. The number of oxime groups is 1. The van der Waals surface area contributed by atoms with Crippen molar-refractivity contribution in [1.29, 1.82) is 0 Å². The quantitative estimate of drug-likeness (QED) is 0.340. The van der Waals surface area contributed by atoms with Gasteiger partial charge in [0.2, 0.25) is 0 Å². The van der Waals surface area contributed by atoms with Gasteiger partial charge in [-0.1, -0.05) is 11.2 Å². The van der Waals surface area contributed by atoms with Crippen molar-refractivity contribution in [2.75, 3.05) is 27.9 Å². The predicted molar refractivity (Wildman–Crippen MR) is 78.3 cm³/mol. The lowest BCUT2D eigenvalue weighted by atomic mass is 10.1. The Morgan fingerprint density at radius 3 is 2.70 bits per heavy atom. The fourth-order valence-corrected chi connectivity index (χ4v) is 1.91. The Bertz CT molecular complexity index is 463. The van der Waals surface area contributed by atoms with E-state index in [2.05, 4.69) is 17.0 Å². The van der Waals surface area contributed by atoms with E-state index in [1.807, 2.05) is 19.2 Å². The minimum atomic E-state index is 0.0366. The third kappa shape index (κ3) is 4.11. The third-order valence-electron chi connectivity index (χ3n) is 3.24. The van der Waals surface area contributed by atoms with E-state index in [0.717, 1.165) is 12.1 Å². The van der Waals surface area contributed by atoms with Gasteiger partial charge in [-0.05, 0) is 31.7 Å². The number of nitrogens with zero attached hydrogens (tertiary/aromatic N) is 2. The first-order valence-corrected chi connectivity index (χ1v) is 6.37. The first kappa shape index (κ1) is 16.3. The average Bonchev–Trinajstić information content (AvgIpc) is 2.46. The number of amidine groups is 1. The van der Waals surface area contributed by atoms with Crippen molar-refractivity contribution in [2.24, 2.45) is 10.9 Å². The molecule has 0 aliphatic carbocycles. The summed E-state index contributed by atoms with van der Waals surface area (Å²) in [4.78, 5) is 2.18. The molecular formula is C14H23N3O3. The van der Waals surface area contributed by atoms with Crippen molar-refractivity contribution in [1.82, 2.24) is 4.90 Å². The van der Waals surface area contributed by atoms with Crippen molar-refractivity contribution in [3.05, 3.63) is 29.3 Å². The molecule has 112 valence electrons. The highest BCUT2D eigenvalue weighted by Crippen LogP contribution is 2.21. The first-order chi connectivity index (χ1) is 9.53. The van der Waals surface area contributed by atoms with Gasteiger partial charge in [-0.15, -0.1) is 0 Å². The number of ether oxygens (including phenoxy) is 2. The zero-order valence-electron chi connectivity index (χ0n) is 12.5. The summed E-state index contributed by atoms with van der Waals surface area (Å²) >= 11 is 0. The summed E-state index contributed by atoms with van der Waals surface area (Å²) in [5.74, 6) is 0.625. The largest absolute Gasteiger partial charge is 0.496 e. The molecule has 1 rings (SSSR count). The number of hydrogen-bond acceptors (Lipinski definition) is 5. The molecule has 1 aromatic carbocycles. The summed E-state index contributed by atoms with van der Waals surface area (Å²) in [6.07, 6.45) is 0. The van der Waals surface area contributed by atoms with Crippen LogP contribution in [0.15, 0.2) is 23.4 Å². The third-order valence-corrected chi connectivity index (χ3v) is 3.24. The molecule has 0 amide bonds. The van der Waals surface area contributed by atoms with Gasteiger partial charge in [-0.3, -0.25) is 4.90 Å². The lowest BCUT2D eigenvalue weighted by Crippen LogP contribution is -2.32. The highest BCUT2D eigenvalue weighted by atomic mass is 16.5. The van der Waals surface area contributed by atoms with Gasteiger partial charge in [0.1, 0.15) is 5.75 Å². The summed E-state index contributed by atoms with van der Waals surface area (Å²) in [6.45, 7) is 3.54. The molecule has 0 bridgehead atoms. The van der Waals surface area contributed by atoms with Crippen molar-refractivity contribution >= 4 is 5.84 Å². The fourth-order valence-electron chi connectivity index (χ4n) is 1.91. The molecule has 6 nitrogen and oxygen atoms in total. The smallest absolute Gasteiger partial charge is 0.173 e. The number of methoxy groups -OCH3 is 2. The minimum absolute atomic E-state index is 0.0366. The topological polar surface area (TPSA) is 80.3 Å². The molecule has 0 saturated heterocycles. The van der Waals surface area contributed by atoms with E-state index in [1.165, 1.54) is 0 Å². The molecule has 6 heteroatoms. The van der Waals surface area contributed by atoms with Crippen LogP contribution in [-0.4, -0.2) is 49.9 Å². The van der Waals surface area contributed by atoms with Crippen molar-refractivity contribution in [2.45, 2.75) is 19.5 Å². The molecule has 0 aliphatic heterocycles. The van der Waals surface area contributed by atoms with Crippen LogP contribution in [-0.2, 0) is 11.3 Å². The Morgan fingerprint density at radius 2 is 2.15 bits per heavy atom. The SMILES string of the molecule is COCC(C)N(C)Cc1ccc(/C(N)=N/O)c(OC)c1. The van der Waals surface area contributed by atoms with Crippen molar-refractivity contribution < 1.29 is 14.7 Å². The van der Waals surface area contributed by atoms with E-state index >= 15 is 0 Å². The molecule has 1 unspecified atom stereocenters. The van der Waals surface area contributed by atoms with Crippen LogP contribution in [0.4, 0.5) is 0 Å². The molecule has 1 aromatic rings. The second-order valence-corrected chi connectivity index (χ2v) is 4.74. The molecule has 0 aliphatic rings. The van der Waals surface area contributed by atoms with Crippen LogP contribution in [0, 0.1) is 0 Å². The van der Waals surface area contributed by atoms with Gasteiger partial charge in [0, 0.05) is 19.7 Å². The summed E-state index contributed by atoms with van der Waals surface area (Å²) < 4.78 is 10.4. The molecule has 0 aromatic heterocycles. The van der Waals surface area contributed by atoms with Crippen molar-refractivity contribution in [3.63, 3.8) is 0 Å². The molecular weight excluding hydrogens is 258 g/mol. The lowest BCUT2D eigenvalue weighted by Gasteiger charge is -2.24. The molecule has 0 radical (unpaired) electrons. The monoisotopic (exact) mass is 281 g/mol. The van der Waals surface area contributed by atoms with E-state index in [4.69, 9.17) is 20.4 Å². The predicted octanol–water partition coefficient (Wildman–Crippen LogP) is 1.26. The van der Waals surface area contributed by atoms with Gasteiger partial charge in [-0.2, -0.15) is 0 Å². The summed E-state index contributed by atoms with van der Waals surface area (Å²) in [6, 6.07) is 5.93. The van der Waals surface area contributed by atoms with E-state index in [9.17, 15) is 0 Å². The Morgan fingerprint density at radius 1 is 1.45 bits per heavy atom. The molecule has 0 heterocycles. The second-order valence-electron chi connectivity index (χ2n) is 4.74. The van der Waals surface area contributed by atoms with Gasteiger partial charge in [0.15, 0.2) is 5.84 Å². The van der Waals surface area contributed by atoms with Gasteiger partial charge < -0.3 is 20.4 Å². The minimum Gasteiger partial charge on any atom is -0.496 e. The maximum Gasteiger partial charge on any atom is 0.173 e. The van der Waals surface area contributed by atoms with Crippen LogP contribution in [0.25, 0.3) is 0 Å². The number of likely N-dealkylation sites (N-methyl/N-ethyl adjacent to an activating group) is 1. The molecule has 0 fully saturated rings. The Kier molecular flexibility index (Phi) is 6.27. The van der Waals surface area contributed by atoms with Crippen LogP contribution in [0.3, 0.4) is 0 Å². The van der Waals surface area contributed by atoms with Crippen molar-refractivity contribution in [3.8, 4) is 5.75 Å². The van der Waals surface area contributed by atoms with E-state index < -0.39 is 0 Å². The van der Waals surface area contributed by atoms with Gasteiger partial charge in [0.05, 0.1) is 19.3 Å². The number of benzene rings is 1. The highest BCUT2D eigenvalue weighted by Gasteiger charge is 2.12. The Balaban J connectivity index is 2.88. The molecule has 1 atom stereocenters. The summed E-state index contributed by atoms with van der Waals surface area (Å²) in [5.41, 5.74) is 7.26. The van der Waals surface area contributed by atoms with E-state index in [1.54, 1.807) is 20.3 Å². The summed E-state index contributed by atoms with van der Waals surface area (Å²) in [7, 11) is 5.29. The van der Waals surface area contributed by atoms with Crippen LogP contribution in [0.1, 0.15) is 18.1 Å². The normalized spacial score (nSPS) is 13.6. The average molecular weight is 281 g/mol. The first-order valence-electron chi connectivity index (χ1n) is 6.37. The standard InChI is InChI=1S/C14H23N3O3/c1-10(9-19-3)17(2)8-11-5-6-12(14(15)16-18)13(7-11)20-4/h5-7,10,18H,8-9H2,1-4H3,(H2,15,16). The van der Waals surface area contributed by atoms with E-state index in [0.29, 0.717) is 24.0 Å². The fraction of sp³-hybridized carbons (Fsp3) is 0.500. The highest BCUT2D eigenvalue weighted by molar-refractivity contribution is 5.99. The van der Waals surface area contributed by atoms with Crippen LogP contribution in [0.2, 0.25) is 0 Å². The van der Waals surface area contributed by atoms with Gasteiger partial charge in [-0.25, -0.2) is 0 Å². The maximum atomic E-state index is 8.74. The molecule has 20 heavy (non-hydrogen) atoms. The van der Waals surface area contributed by atoms with E-state index in [-0.39, 0.29) is 5.84 Å². The van der Waals surface area contributed by atoms with Crippen LogP contribution < -0.4 is 10.5 Å². The lowest BCUT2D eigenvalue weighted by molar-refractivity contribution is 0.112. The van der Waals surface area contributed by atoms with Gasteiger partial charge in [0.25, 0.3) is 0 Å².